The highest BCUT2D eigenvalue weighted by Crippen LogP contribution is 2.54. The van der Waals surface area contributed by atoms with Crippen molar-refractivity contribution in [2.45, 2.75) is 43.9 Å². The number of amides is 1. The first-order valence-electron chi connectivity index (χ1n) is 9.83. The number of fused-ring (bicyclic) bond motifs is 1. The van der Waals surface area contributed by atoms with Gasteiger partial charge in [-0.05, 0) is 53.8 Å². The third-order valence-electron chi connectivity index (χ3n) is 6.02. The molecular formula is C24H22F3NO. The SMILES string of the molecule is CC[C@H]1CCC(c2ccc3ccccc3c2)(C(F)(F)F)N1C(=O)c1ccccc1. The normalized spacial score (nSPS) is 22.2. The van der Waals surface area contributed by atoms with Gasteiger partial charge in [0.2, 0.25) is 0 Å². The maximum atomic E-state index is 14.7. The second-order valence-corrected chi connectivity index (χ2v) is 7.56. The number of carbonyl (C=O) groups is 1. The molecule has 0 saturated carbocycles. The molecule has 1 saturated heterocycles. The number of halogens is 3. The predicted octanol–water partition coefficient (Wildman–Crippen LogP) is 6.31. The van der Waals surface area contributed by atoms with Crippen molar-refractivity contribution in [3.8, 4) is 0 Å². The van der Waals surface area contributed by atoms with E-state index in [2.05, 4.69) is 0 Å². The maximum absolute atomic E-state index is 14.7. The number of likely N-dealkylation sites (tertiary alicyclic amines) is 1. The lowest BCUT2D eigenvalue weighted by Crippen LogP contribution is -2.56. The molecule has 0 aromatic heterocycles. The van der Waals surface area contributed by atoms with E-state index in [9.17, 15) is 18.0 Å². The maximum Gasteiger partial charge on any atom is 0.415 e. The monoisotopic (exact) mass is 397 g/mol. The van der Waals surface area contributed by atoms with Crippen LogP contribution < -0.4 is 0 Å². The van der Waals surface area contributed by atoms with E-state index >= 15 is 0 Å². The van der Waals surface area contributed by atoms with Gasteiger partial charge in [0.25, 0.3) is 5.91 Å². The molecule has 2 nitrogen and oxygen atoms in total. The molecule has 0 N–H and O–H groups in total. The molecule has 3 aromatic rings. The highest BCUT2D eigenvalue weighted by molar-refractivity contribution is 5.95. The molecule has 3 aromatic carbocycles. The molecule has 0 spiro atoms. The highest BCUT2D eigenvalue weighted by Gasteiger charge is 2.65. The second kappa shape index (κ2) is 7.21. The number of hydrogen-bond acceptors (Lipinski definition) is 1. The fourth-order valence-corrected chi connectivity index (χ4v) is 4.55. The molecule has 1 fully saturated rings. The first-order valence-corrected chi connectivity index (χ1v) is 9.83. The Balaban J connectivity index is 1.92. The summed E-state index contributed by atoms with van der Waals surface area (Å²) in [4.78, 5) is 14.4. The zero-order chi connectivity index (χ0) is 20.6. The molecule has 4 rings (SSSR count). The van der Waals surface area contributed by atoms with Crippen LogP contribution in [0.1, 0.15) is 42.1 Å². The fraction of sp³-hybridized carbons (Fsp3) is 0.292. The Kier molecular flexibility index (Phi) is 4.85. The summed E-state index contributed by atoms with van der Waals surface area (Å²) in [5.41, 5.74) is -1.92. The van der Waals surface area contributed by atoms with Crippen LogP contribution in [0, 0.1) is 0 Å². The van der Waals surface area contributed by atoms with Gasteiger partial charge in [0, 0.05) is 11.6 Å². The summed E-state index contributed by atoms with van der Waals surface area (Å²) in [6.45, 7) is 1.84. The van der Waals surface area contributed by atoms with E-state index < -0.39 is 23.7 Å². The number of rotatable bonds is 3. The lowest BCUT2D eigenvalue weighted by atomic mass is 9.84. The van der Waals surface area contributed by atoms with Crippen LogP contribution in [0.25, 0.3) is 10.8 Å². The third kappa shape index (κ3) is 3.09. The van der Waals surface area contributed by atoms with Gasteiger partial charge < -0.3 is 4.90 Å². The van der Waals surface area contributed by atoms with Gasteiger partial charge in [0.1, 0.15) is 0 Å². The van der Waals surface area contributed by atoms with Crippen molar-refractivity contribution in [3.05, 3.63) is 83.9 Å². The van der Waals surface area contributed by atoms with Crippen molar-refractivity contribution in [2.75, 3.05) is 0 Å². The van der Waals surface area contributed by atoms with Gasteiger partial charge in [0.15, 0.2) is 5.54 Å². The predicted molar refractivity (Wildman–Crippen MR) is 108 cm³/mol. The van der Waals surface area contributed by atoms with E-state index in [-0.39, 0.29) is 17.5 Å². The van der Waals surface area contributed by atoms with Crippen molar-refractivity contribution in [2.24, 2.45) is 0 Å². The van der Waals surface area contributed by atoms with Crippen molar-refractivity contribution in [1.29, 1.82) is 0 Å². The largest absolute Gasteiger partial charge is 0.415 e. The number of alkyl halides is 3. The van der Waals surface area contributed by atoms with Crippen molar-refractivity contribution in [1.82, 2.24) is 4.90 Å². The zero-order valence-electron chi connectivity index (χ0n) is 16.1. The zero-order valence-corrected chi connectivity index (χ0v) is 16.1. The first-order chi connectivity index (χ1) is 13.9. The van der Waals surface area contributed by atoms with Crippen LogP contribution in [-0.2, 0) is 5.54 Å². The number of nitrogens with zero attached hydrogens (tertiary/aromatic N) is 1. The molecule has 150 valence electrons. The van der Waals surface area contributed by atoms with Crippen LogP contribution in [0.5, 0.6) is 0 Å². The Bertz CT molecular complexity index is 1030. The summed E-state index contributed by atoms with van der Waals surface area (Å²) < 4.78 is 44.2. The number of hydrogen-bond donors (Lipinski definition) is 0. The summed E-state index contributed by atoms with van der Waals surface area (Å²) >= 11 is 0. The van der Waals surface area contributed by atoms with Gasteiger partial charge >= 0.3 is 6.18 Å². The van der Waals surface area contributed by atoms with E-state index in [4.69, 9.17) is 0 Å². The Morgan fingerprint density at radius 2 is 1.66 bits per heavy atom. The molecule has 29 heavy (non-hydrogen) atoms. The molecule has 1 unspecified atom stereocenters. The van der Waals surface area contributed by atoms with Crippen LogP contribution in [0.15, 0.2) is 72.8 Å². The van der Waals surface area contributed by atoms with Gasteiger partial charge in [-0.2, -0.15) is 13.2 Å². The molecule has 0 radical (unpaired) electrons. The summed E-state index contributed by atoms with van der Waals surface area (Å²) in [6.07, 6.45) is -3.93. The molecule has 5 heteroatoms. The summed E-state index contributed by atoms with van der Waals surface area (Å²) in [6, 6.07) is 20.0. The minimum Gasteiger partial charge on any atom is -0.317 e. The van der Waals surface area contributed by atoms with Crippen LogP contribution >= 0.6 is 0 Å². The van der Waals surface area contributed by atoms with E-state index in [1.165, 1.54) is 6.07 Å². The van der Waals surface area contributed by atoms with Crippen LogP contribution in [0.2, 0.25) is 0 Å². The molecule has 1 amide bonds. The van der Waals surface area contributed by atoms with Gasteiger partial charge in [-0.15, -0.1) is 0 Å². The van der Waals surface area contributed by atoms with E-state index in [0.717, 1.165) is 15.7 Å². The van der Waals surface area contributed by atoms with Crippen LogP contribution in [0.3, 0.4) is 0 Å². The van der Waals surface area contributed by atoms with Gasteiger partial charge in [-0.25, -0.2) is 0 Å². The quantitative estimate of drug-likeness (QED) is 0.507. The molecule has 0 bridgehead atoms. The Labute approximate surface area is 168 Å². The van der Waals surface area contributed by atoms with Gasteiger partial charge in [0.05, 0.1) is 0 Å². The minimum absolute atomic E-state index is 0.129. The standard InChI is InChI=1S/C24H22F3NO/c1-2-21-14-15-23(24(25,26)27,28(21)22(29)18-9-4-3-5-10-18)20-13-12-17-8-6-7-11-19(17)16-20/h3-13,16,21H,2,14-15H2,1H3/t21-,23?/m0/s1. The topological polar surface area (TPSA) is 20.3 Å². The average Bonchev–Trinajstić information content (AvgIpc) is 3.14. The Morgan fingerprint density at radius 1 is 1.00 bits per heavy atom. The van der Waals surface area contributed by atoms with E-state index in [1.807, 2.05) is 25.1 Å². The average molecular weight is 397 g/mol. The van der Waals surface area contributed by atoms with E-state index in [1.54, 1.807) is 48.5 Å². The number of carbonyl (C=O) groups excluding carboxylic acids is 1. The third-order valence-corrected chi connectivity index (χ3v) is 6.02. The Morgan fingerprint density at radius 3 is 2.31 bits per heavy atom. The van der Waals surface area contributed by atoms with Crippen molar-refractivity contribution in [3.63, 3.8) is 0 Å². The van der Waals surface area contributed by atoms with Crippen molar-refractivity contribution >= 4 is 16.7 Å². The second-order valence-electron chi connectivity index (χ2n) is 7.56. The smallest absolute Gasteiger partial charge is 0.317 e. The molecule has 1 aliphatic rings. The van der Waals surface area contributed by atoms with Gasteiger partial charge in [-0.1, -0.05) is 61.5 Å². The van der Waals surface area contributed by atoms with Crippen LogP contribution in [-0.4, -0.2) is 23.0 Å². The summed E-state index contributed by atoms with van der Waals surface area (Å²) in [5, 5.41) is 1.61. The lowest BCUT2D eigenvalue weighted by molar-refractivity contribution is -0.223. The number of benzene rings is 3. The first kappa shape index (κ1) is 19.5. The molecule has 2 atom stereocenters. The summed E-state index contributed by atoms with van der Waals surface area (Å²) in [5.74, 6) is -0.569. The highest BCUT2D eigenvalue weighted by atomic mass is 19.4. The lowest BCUT2D eigenvalue weighted by Gasteiger charge is -2.43. The molecule has 1 aliphatic heterocycles. The molecular weight excluding hydrogens is 375 g/mol. The minimum atomic E-state index is -4.59. The fourth-order valence-electron chi connectivity index (χ4n) is 4.55. The molecule has 1 heterocycles. The summed E-state index contributed by atoms with van der Waals surface area (Å²) in [7, 11) is 0. The Hall–Kier alpha value is -2.82. The van der Waals surface area contributed by atoms with Crippen LogP contribution in [0.4, 0.5) is 13.2 Å². The van der Waals surface area contributed by atoms with Crippen molar-refractivity contribution < 1.29 is 18.0 Å². The van der Waals surface area contributed by atoms with E-state index in [0.29, 0.717) is 12.8 Å². The molecule has 0 aliphatic carbocycles. The van der Waals surface area contributed by atoms with Gasteiger partial charge in [-0.3, -0.25) is 4.79 Å².